The van der Waals surface area contributed by atoms with Crippen molar-refractivity contribution in [1.29, 1.82) is 0 Å². The van der Waals surface area contributed by atoms with Crippen LogP contribution in [0.25, 0.3) is 0 Å². The highest BCUT2D eigenvalue weighted by Gasteiger charge is 2.49. The molecule has 1 N–H and O–H groups in total. The minimum Gasteiger partial charge on any atom is -0.509 e. The first-order valence-corrected chi connectivity index (χ1v) is 6.57. The minimum absolute atomic E-state index is 0.0208. The van der Waals surface area contributed by atoms with Crippen molar-refractivity contribution in [2.45, 2.75) is 58.2 Å². The average Bonchev–Trinajstić information content (AvgIpc) is 2.27. The van der Waals surface area contributed by atoms with Crippen molar-refractivity contribution < 1.29 is 14.6 Å². The highest BCUT2D eigenvalue weighted by atomic mass is 16.5. The van der Waals surface area contributed by atoms with Crippen molar-refractivity contribution in [3.8, 4) is 0 Å². The van der Waals surface area contributed by atoms with Gasteiger partial charge in [-0.05, 0) is 52.9 Å². The minimum atomic E-state index is -0.813. The summed E-state index contributed by atoms with van der Waals surface area (Å²) in [6.45, 7) is 7.58. The van der Waals surface area contributed by atoms with E-state index >= 15 is 0 Å². The molecule has 0 aromatic rings. The number of hydrogen-bond donors (Lipinski definition) is 1. The molecule has 0 bridgehead atoms. The van der Waals surface area contributed by atoms with E-state index in [1.807, 2.05) is 6.92 Å². The quantitative estimate of drug-likeness (QED) is 0.726. The molecule has 2 rings (SSSR count). The van der Waals surface area contributed by atoms with Crippen LogP contribution in [0.15, 0.2) is 23.5 Å². The van der Waals surface area contributed by atoms with Gasteiger partial charge in [0.05, 0.1) is 0 Å². The predicted molar refractivity (Wildman–Crippen MR) is 70.4 cm³/mol. The zero-order chi connectivity index (χ0) is 13.6. The van der Waals surface area contributed by atoms with E-state index in [2.05, 4.69) is 13.0 Å². The summed E-state index contributed by atoms with van der Waals surface area (Å²) >= 11 is 0. The second-order valence-corrected chi connectivity index (χ2v) is 6.14. The molecule has 0 radical (unpaired) electrons. The molecule has 0 unspecified atom stereocenters. The first-order chi connectivity index (χ1) is 8.25. The highest BCUT2D eigenvalue weighted by molar-refractivity contribution is 5.98. The molecule has 3 heteroatoms. The fourth-order valence-electron chi connectivity index (χ4n) is 2.82. The lowest BCUT2D eigenvalue weighted by molar-refractivity contribution is -0.178. The second-order valence-electron chi connectivity index (χ2n) is 6.14. The number of aliphatic hydroxyl groups excluding tert-OH is 1. The summed E-state index contributed by atoms with van der Waals surface area (Å²) in [6.07, 6.45) is 6.40. The van der Waals surface area contributed by atoms with Crippen LogP contribution in [0.3, 0.4) is 0 Å². The smallest absolute Gasteiger partial charge is 0.190 e. The van der Waals surface area contributed by atoms with E-state index in [1.165, 1.54) is 11.6 Å². The molecule has 18 heavy (non-hydrogen) atoms. The van der Waals surface area contributed by atoms with Crippen LogP contribution in [0.2, 0.25) is 0 Å². The van der Waals surface area contributed by atoms with Crippen molar-refractivity contribution in [2.75, 3.05) is 0 Å². The SMILES string of the molecule is CC1=CC[C@H]([C@@]2(C)OC(C)(C)C(O)=CC2=O)CC1. The van der Waals surface area contributed by atoms with E-state index in [0.29, 0.717) is 0 Å². The first-order valence-electron chi connectivity index (χ1n) is 6.57. The molecule has 0 saturated carbocycles. The van der Waals surface area contributed by atoms with E-state index in [4.69, 9.17) is 4.74 Å². The molecule has 0 fully saturated rings. The van der Waals surface area contributed by atoms with E-state index in [1.54, 1.807) is 13.8 Å². The van der Waals surface area contributed by atoms with Gasteiger partial charge in [0.25, 0.3) is 0 Å². The number of allylic oxidation sites excluding steroid dienone is 2. The maximum Gasteiger partial charge on any atom is 0.190 e. The summed E-state index contributed by atoms with van der Waals surface area (Å²) in [4.78, 5) is 12.2. The van der Waals surface area contributed by atoms with Crippen molar-refractivity contribution in [2.24, 2.45) is 5.92 Å². The van der Waals surface area contributed by atoms with E-state index in [0.717, 1.165) is 19.3 Å². The van der Waals surface area contributed by atoms with E-state index in [-0.39, 0.29) is 17.5 Å². The molecule has 0 saturated heterocycles. The number of rotatable bonds is 1. The topological polar surface area (TPSA) is 46.5 Å². The fourth-order valence-corrected chi connectivity index (χ4v) is 2.82. The van der Waals surface area contributed by atoms with Crippen molar-refractivity contribution in [3.05, 3.63) is 23.5 Å². The number of carbonyl (C=O) groups excluding carboxylic acids is 1. The van der Waals surface area contributed by atoms with Crippen LogP contribution in [0.4, 0.5) is 0 Å². The summed E-state index contributed by atoms with van der Waals surface area (Å²) < 4.78 is 5.96. The largest absolute Gasteiger partial charge is 0.509 e. The van der Waals surface area contributed by atoms with Gasteiger partial charge in [-0.3, -0.25) is 4.79 Å². The Morgan fingerprint density at radius 1 is 1.39 bits per heavy atom. The lowest BCUT2D eigenvalue weighted by atomic mass is 9.74. The number of hydrogen-bond acceptors (Lipinski definition) is 3. The highest BCUT2D eigenvalue weighted by Crippen LogP contribution is 2.41. The van der Waals surface area contributed by atoms with Crippen molar-refractivity contribution in [1.82, 2.24) is 0 Å². The molecule has 1 aliphatic carbocycles. The van der Waals surface area contributed by atoms with Crippen molar-refractivity contribution >= 4 is 5.78 Å². The molecule has 100 valence electrons. The Morgan fingerprint density at radius 3 is 2.61 bits per heavy atom. The number of carbonyl (C=O) groups is 1. The van der Waals surface area contributed by atoms with Crippen LogP contribution >= 0.6 is 0 Å². The van der Waals surface area contributed by atoms with Gasteiger partial charge in [-0.15, -0.1) is 0 Å². The van der Waals surface area contributed by atoms with Gasteiger partial charge < -0.3 is 9.84 Å². The zero-order valence-corrected chi connectivity index (χ0v) is 11.6. The molecule has 2 aliphatic rings. The number of aliphatic hydroxyl groups is 1. The van der Waals surface area contributed by atoms with Gasteiger partial charge in [0.15, 0.2) is 5.78 Å². The molecular formula is C15H22O3. The van der Waals surface area contributed by atoms with Gasteiger partial charge in [0.2, 0.25) is 0 Å². The van der Waals surface area contributed by atoms with Crippen LogP contribution < -0.4 is 0 Å². The maximum atomic E-state index is 12.2. The zero-order valence-electron chi connectivity index (χ0n) is 11.6. The number of ether oxygens (including phenoxy) is 1. The Bertz CT molecular complexity index is 431. The standard InChI is InChI=1S/C15H22O3/c1-10-5-7-11(8-6-10)15(4)13(17)9-12(16)14(2,3)18-15/h5,9,11,16H,6-8H2,1-4H3/t11-,15+/m0/s1. The maximum absolute atomic E-state index is 12.2. The molecule has 0 amide bonds. The third kappa shape index (κ3) is 2.12. The number of ketones is 1. The van der Waals surface area contributed by atoms with Gasteiger partial charge in [-0.2, -0.15) is 0 Å². The first kappa shape index (κ1) is 13.3. The molecule has 3 nitrogen and oxygen atoms in total. The monoisotopic (exact) mass is 250 g/mol. The lowest BCUT2D eigenvalue weighted by Crippen LogP contribution is -2.54. The van der Waals surface area contributed by atoms with Gasteiger partial charge in [-0.25, -0.2) is 0 Å². The molecular weight excluding hydrogens is 228 g/mol. The molecule has 0 spiro atoms. The van der Waals surface area contributed by atoms with E-state index in [9.17, 15) is 9.90 Å². The van der Waals surface area contributed by atoms with Gasteiger partial charge in [0, 0.05) is 6.08 Å². The van der Waals surface area contributed by atoms with Crippen LogP contribution in [-0.4, -0.2) is 22.1 Å². The van der Waals surface area contributed by atoms with Crippen molar-refractivity contribution in [3.63, 3.8) is 0 Å². The summed E-state index contributed by atoms with van der Waals surface area (Å²) in [5.41, 5.74) is -0.207. The summed E-state index contributed by atoms with van der Waals surface area (Å²) in [6, 6.07) is 0. The third-order valence-electron chi connectivity index (χ3n) is 4.26. The van der Waals surface area contributed by atoms with Gasteiger partial charge in [-0.1, -0.05) is 11.6 Å². The van der Waals surface area contributed by atoms with Crippen LogP contribution in [0, 0.1) is 5.92 Å². The molecule has 1 aliphatic heterocycles. The van der Waals surface area contributed by atoms with Gasteiger partial charge >= 0.3 is 0 Å². The average molecular weight is 250 g/mol. The molecule has 0 aromatic heterocycles. The molecule has 0 aromatic carbocycles. The molecule has 1 heterocycles. The normalized spacial score (nSPS) is 36.0. The lowest BCUT2D eigenvalue weighted by Gasteiger charge is -2.45. The Hall–Kier alpha value is -1.09. The Morgan fingerprint density at radius 2 is 2.06 bits per heavy atom. The Labute approximate surface area is 109 Å². The molecule has 2 atom stereocenters. The fraction of sp³-hybridized carbons (Fsp3) is 0.667. The second kappa shape index (κ2) is 4.23. The van der Waals surface area contributed by atoms with Crippen LogP contribution in [0.1, 0.15) is 47.0 Å². The van der Waals surface area contributed by atoms with Crippen LogP contribution in [-0.2, 0) is 9.53 Å². The Kier molecular flexibility index (Phi) is 3.14. The van der Waals surface area contributed by atoms with Gasteiger partial charge in [0.1, 0.15) is 17.0 Å². The summed E-state index contributed by atoms with van der Waals surface area (Å²) in [5, 5.41) is 9.78. The predicted octanol–water partition coefficient (Wildman–Crippen LogP) is 3.31. The van der Waals surface area contributed by atoms with E-state index < -0.39 is 11.2 Å². The van der Waals surface area contributed by atoms with Crippen LogP contribution in [0.5, 0.6) is 0 Å². The Balaban J connectivity index is 2.29. The third-order valence-corrected chi connectivity index (χ3v) is 4.26. The summed E-state index contributed by atoms with van der Waals surface area (Å²) in [7, 11) is 0. The summed E-state index contributed by atoms with van der Waals surface area (Å²) in [5.74, 6) is 0.0992.